The minimum Gasteiger partial charge on any atom is -0.493 e. The summed E-state index contributed by atoms with van der Waals surface area (Å²) >= 11 is 9.79. The maximum Gasteiger partial charge on any atom is 0.335 e. The highest BCUT2D eigenvalue weighted by atomic mass is 79.9. The van der Waals surface area contributed by atoms with Gasteiger partial charge in [0.25, 0.3) is 0 Å². The van der Waals surface area contributed by atoms with Crippen LogP contribution in [0.1, 0.15) is 27.0 Å². The van der Waals surface area contributed by atoms with Crippen molar-refractivity contribution in [3.63, 3.8) is 0 Å². The second kappa shape index (κ2) is 10.5. The number of carboxylic acids is 1. The van der Waals surface area contributed by atoms with E-state index >= 15 is 0 Å². The quantitative estimate of drug-likeness (QED) is 0.404. The van der Waals surface area contributed by atoms with Crippen LogP contribution in [-0.2, 0) is 19.7 Å². The lowest BCUT2D eigenvalue weighted by Crippen LogP contribution is -2.13. The Bertz CT molecular complexity index is 1020. The van der Waals surface area contributed by atoms with Gasteiger partial charge in [0.15, 0.2) is 11.5 Å². The highest BCUT2D eigenvalue weighted by molar-refractivity contribution is 9.10. The van der Waals surface area contributed by atoms with Gasteiger partial charge in [-0.15, -0.1) is 0 Å². The number of aromatic carboxylic acids is 1. The molecule has 0 bridgehead atoms. The Morgan fingerprint density at radius 1 is 1.03 bits per heavy atom. The van der Waals surface area contributed by atoms with Crippen molar-refractivity contribution < 1.29 is 19.4 Å². The van der Waals surface area contributed by atoms with Gasteiger partial charge in [0.1, 0.15) is 6.61 Å². The van der Waals surface area contributed by atoms with E-state index in [9.17, 15) is 4.79 Å². The van der Waals surface area contributed by atoms with Crippen LogP contribution in [0.3, 0.4) is 0 Å². The van der Waals surface area contributed by atoms with Crippen molar-refractivity contribution in [2.75, 3.05) is 7.11 Å². The van der Waals surface area contributed by atoms with Crippen molar-refractivity contribution in [3.05, 3.63) is 92.4 Å². The van der Waals surface area contributed by atoms with Crippen LogP contribution in [0.15, 0.2) is 65.1 Å². The monoisotopic (exact) mass is 489 g/mol. The predicted molar refractivity (Wildman–Crippen MR) is 120 cm³/mol. The van der Waals surface area contributed by atoms with E-state index in [-0.39, 0.29) is 5.56 Å². The number of halogens is 2. The zero-order chi connectivity index (χ0) is 21.5. The second-order valence-corrected chi connectivity index (χ2v) is 7.84. The molecular weight excluding hydrogens is 470 g/mol. The van der Waals surface area contributed by atoms with Crippen molar-refractivity contribution >= 4 is 33.5 Å². The zero-order valence-electron chi connectivity index (χ0n) is 16.3. The van der Waals surface area contributed by atoms with Crippen molar-refractivity contribution in [3.8, 4) is 11.5 Å². The summed E-state index contributed by atoms with van der Waals surface area (Å²) in [5, 5.41) is 13.0. The summed E-state index contributed by atoms with van der Waals surface area (Å²) in [6.07, 6.45) is 0. The van der Waals surface area contributed by atoms with Gasteiger partial charge in [-0.1, -0.05) is 57.9 Å². The SMILES string of the molecule is COc1cc(CNCc2ccc(C(=O)O)cc2)c(Br)cc1OCc1ccccc1Cl. The summed E-state index contributed by atoms with van der Waals surface area (Å²) in [4.78, 5) is 10.9. The van der Waals surface area contributed by atoms with Crippen LogP contribution in [0, 0.1) is 0 Å². The first-order valence-corrected chi connectivity index (χ1v) is 10.4. The Labute approximate surface area is 188 Å². The molecule has 0 atom stereocenters. The molecular formula is C23H21BrClNO4. The number of rotatable bonds is 9. The van der Waals surface area contributed by atoms with Gasteiger partial charge in [-0.25, -0.2) is 4.79 Å². The highest BCUT2D eigenvalue weighted by Crippen LogP contribution is 2.34. The first kappa shape index (κ1) is 22.2. The summed E-state index contributed by atoms with van der Waals surface area (Å²) in [5.74, 6) is 0.326. The molecule has 7 heteroatoms. The van der Waals surface area contributed by atoms with Crippen LogP contribution < -0.4 is 14.8 Å². The van der Waals surface area contributed by atoms with Crippen molar-refractivity contribution in [1.29, 1.82) is 0 Å². The number of benzene rings is 3. The lowest BCUT2D eigenvalue weighted by atomic mass is 10.1. The van der Waals surface area contributed by atoms with E-state index in [1.807, 2.05) is 36.4 Å². The van der Waals surface area contributed by atoms with Crippen LogP contribution in [0.4, 0.5) is 0 Å². The smallest absolute Gasteiger partial charge is 0.335 e. The normalized spacial score (nSPS) is 10.6. The molecule has 0 radical (unpaired) electrons. The van der Waals surface area contributed by atoms with Gasteiger partial charge in [-0.05, 0) is 41.5 Å². The molecule has 0 saturated heterocycles. The number of hydrogen-bond acceptors (Lipinski definition) is 4. The fourth-order valence-corrected chi connectivity index (χ4v) is 3.52. The molecule has 0 aromatic heterocycles. The first-order chi connectivity index (χ1) is 14.5. The van der Waals surface area contributed by atoms with Gasteiger partial charge in [0.05, 0.1) is 12.7 Å². The largest absolute Gasteiger partial charge is 0.493 e. The first-order valence-electron chi connectivity index (χ1n) is 9.23. The van der Waals surface area contributed by atoms with E-state index in [0.717, 1.165) is 21.2 Å². The Morgan fingerprint density at radius 2 is 1.77 bits per heavy atom. The Balaban J connectivity index is 1.63. The summed E-state index contributed by atoms with van der Waals surface area (Å²) in [6, 6.07) is 18.2. The fraction of sp³-hybridized carbons (Fsp3) is 0.174. The number of nitrogens with one attached hydrogen (secondary N) is 1. The molecule has 0 aliphatic heterocycles. The molecule has 2 N–H and O–H groups in total. The summed E-state index contributed by atoms with van der Waals surface area (Å²) in [6.45, 7) is 1.55. The summed E-state index contributed by atoms with van der Waals surface area (Å²) < 4.78 is 12.3. The predicted octanol–water partition coefficient (Wildman–Crippen LogP) is 5.68. The highest BCUT2D eigenvalue weighted by Gasteiger charge is 2.11. The summed E-state index contributed by atoms with van der Waals surface area (Å²) in [7, 11) is 1.60. The van der Waals surface area contributed by atoms with Gasteiger partial charge in [0.2, 0.25) is 0 Å². The molecule has 3 aromatic carbocycles. The van der Waals surface area contributed by atoms with Gasteiger partial charge in [0, 0.05) is 28.1 Å². The van der Waals surface area contributed by atoms with Crippen LogP contribution in [-0.4, -0.2) is 18.2 Å². The fourth-order valence-electron chi connectivity index (χ4n) is 2.86. The molecule has 0 spiro atoms. The molecule has 0 fully saturated rings. The minimum absolute atomic E-state index is 0.276. The lowest BCUT2D eigenvalue weighted by molar-refractivity contribution is 0.0697. The zero-order valence-corrected chi connectivity index (χ0v) is 18.7. The van der Waals surface area contributed by atoms with Gasteiger partial charge >= 0.3 is 5.97 Å². The summed E-state index contributed by atoms with van der Waals surface area (Å²) in [5.41, 5.74) is 3.19. The van der Waals surface area contributed by atoms with Gasteiger partial charge in [-0.2, -0.15) is 0 Å². The van der Waals surface area contributed by atoms with Gasteiger partial charge < -0.3 is 19.9 Å². The number of ether oxygens (including phenoxy) is 2. The molecule has 156 valence electrons. The average Bonchev–Trinajstić information content (AvgIpc) is 2.74. The maximum absolute atomic E-state index is 10.9. The Morgan fingerprint density at radius 3 is 2.43 bits per heavy atom. The third-order valence-corrected chi connectivity index (χ3v) is 5.63. The molecule has 0 heterocycles. The molecule has 3 rings (SSSR count). The van der Waals surface area contributed by atoms with E-state index in [2.05, 4.69) is 21.2 Å². The second-order valence-electron chi connectivity index (χ2n) is 6.58. The van der Waals surface area contributed by atoms with Crippen LogP contribution in [0.5, 0.6) is 11.5 Å². The molecule has 3 aromatic rings. The third kappa shape index (κ3) is 5.75. The minimum atomic E-state index is -0.928. The van der Waals surface area contributed by atoms with Crippen molar-refractivity contribution in [2.24, 2.45) is 0 Å². The topological polar surface area (TPSA) is 67.8 Å². The molecule has 5 nitrogen and oxygen atoms in total. The number of carbonyl (C=O) groups is 1. The van der Waals surface area contributed by atoms with E-state index in [1.165, 1.54) is 0 Å². The van der Waals surface area contributed by atoms with Crippen LogP contribution in [0.2, 0.25) is 5.02 Å². The average molecular weight is 491 g/mol. The number of carboxylic acid groups (broad SMARTS) is 1. The van der Waals surface area contributed by atoms with E-state index in [1.54, 1.807) is 31.4 Å². The number of hydrogen-bond donors (Lipinski definition) is 2. The Hall–Kier alpha value is -2.54. The molecule has 0 aliphatic rings. The number of methoxy groups -OCH3 is 1. The van der Waals surface area contributed by atoms with Crippen LogP contribution in [0.25, 0.3) is 0 Å². The maximum atomic E-state index is 10.9. The van der Waals surface area contributed by atoms with Crippen molar-refractivity contribution in [2.45, 2.75) is 19.7 Å². The van der Waals surface area contributed by atoms with E-state index in [0.29, 0.717) is 36.2 Å². The lowest BCUT2D eigenvalue weighted by Gasteiger charge is -2.15. The molecule has 0 amide bonds. The molecule has 0 saturated carbocycles. The molecule has 0 unspecified atom stereocenters. The third-order valence-electron chi connectivity index (χ3n) is 4.52. The van der Waals surface area contributed by atoms with Gasteiger partial charge in [-0.3, -0.25) is 0 Å². The molecule has 30 heavy (non-hydrogen) atoms. The van der Waals surface area contributed by atoms with Crippen LogP contribution >= 0.6 is 27.5 Å². The van der Waals surface area contributed by atoms with E-state index < -0.39 is 5.97 Å². The Kier molecular flexibility index (Phi) is 7.74. The van der Waals surface area contributed by atoms with Crippen molar-refractivity contribution in [1.82, 2.24) is 5.32 Å². The molecule has 0 aliphatic carbocycles. The van der Waals surface area contributed by atoms with E-state index in [4.69, 9.17) is 26.2 Å². The standard InChI is InChI=1S/C23H21BrClNO4/c1-29-21-10-18(13-26-12-15-6-8-16(9-7-15)23(27)28)19(24)11-22(21)30-14-17-4-2-3-5-20(17)25/h2-11,26H,12-14H2,1H3,(H,27,28).